The van der Waals surface area contributed by atoms with Crippen LogP contribution >= 0.6 is 0 Å². The molecule has 0 fully saturated rings. The van der Waals surface area contributed by atoms with E-state index in [1.54, 1.807) is 0 Å². The lowest BCUT2D eigenvalue weighted by Crippen LogP contribution is -2.07. The van der Waals surface area contributed by atoms with Gasteiger partial charge in [-0.2, -0.15) is 0 Å². The van der Waals surface area contributed by atoms with Crippen molar-refractivity contribution in [3.05, 3.63) is 24.2 Å². The molecule has 5 heteroatoms. The molecule has 1 rings (SSSR count). The smallest absolute Gasteiger partial charge is 0.309 e. The van der Waals surface area contributed by atoms with Gasteiger partial charge in [0.1, 0.15) is 5.71 Å². The van der Waals surface area contributed by atoms with Gasteiger partial charge in [-0.05, 0) is 6.07 Å². The SMILES string of the molecule is O=C(O)C/C(=N/O)c1ccoc1. The molecule has 0 saturated carbocycles. The molecule has 0 unspecified atom stereocenters. The number of hydrogen-bond acceptors (Lipinski definition) is 4. The molecule has 0 saturated heterocycles. The molecule has 5 nitrogen and oxygen atoms in total. The monoisotopic (exact) mass is 169 g/mol. The van der Waals surface area contributed by atoms with Crippen LogP contribution in [0.2, 0.25) is 0 Å². The Morgan fingerprint density at radius 2 is 2.42 bits per heavy atom. The molecular formula is C7H7NO4. The minimum absolute atomic E-state index is 0.0799. The van der Waals surface area contributed by atoms with Crippen molar-refractivity contribution < 1.29 is 19.5 Å². The maximum Gasteiger partial charge on any atom is 0.309 e. The molecule has 12 heavy (non-hydrogen) atoms. The summed E-state index contributed by atoms with van der Waals surface area (Å²) >= 11 is 0. The first-order valence-electron chi connectivity index (χ1n) is 3.19. The second kappa shape index (κ2) is 3.56. The fraction of sp³-hybridized carbons (Fsp3) is 0.143. The van der Waals surface area contributed by atoms with E-state index < -0.39 is 5.97 Å². The Bertz CT molecular complexity index is 288. The van der Waals surface area contributed by atoms with Gasteiger partial charge in [0.2, 0.25) is 0 Å². The third kappa shape index (κ3) is 1.85. The summed E-state index contributed by atoms with van der Waals surface area (Å²) in [5.74, 6) is -1.05. The predicted octanol–water partition coefficient (Wildman–Crippen LogP) is 0.933. The van der Waals surface area contributed by atoms with Gasteiger partial charge in [-0.3, -0.25) is 4.79 Å². The van der Waals surface area contributed by atoms with Gasteiger partial charge >= 0.3 is 5.97 Å². The summed E-state index contributed by atoms with van der Waals surface area (Å²) in [4.78, 5) is 10.2. The van der Waals surface area contributed by atoms with Crippen molar-refractivity contribution in [1.29, 1.82) is 0 Å². The summed E-state index contributed by atoms with van der Waals surface area (Å²) in [6.07, 6.45) is 2.37. The van der Waals surface area contributed by atoms with Crippen LogP contribution in [0.1, 0.15) is 12.0 Å². The molecule has 0 aliphatic heterocycles. The van der Waals surface area contributed by atoms with Crippen LogP contribution in [0, 0.1) is 0 Å². The molecule has 0 aromatic carbocycles. The van der Waals surface area contributed by atoms with E-state index in [0.29, 0.717) is 5.56 Å². The van der Waals surface area contributed by atoms with Gasteiger partial charge in [-0.15, -0.1) is 0 Å². The van der Waals surface area contributed by atoms with Gasteiger partial charge in [-0.25, -0.2) is 0 Å². The molecule has 1 aromatic rings. The molecule has 0 radical (unpaired) electrons. The van der Waals surface area contributed by atoms with Crippen molar-refractivity contribution in [2.24, 2.45) is 5.16 Å². The van der Waals surface area contributed by atoms with Gasteiger partial charge in [-0.1, -0.05) is 5.16 Å². The molecule has 64 valence electrons. The van der Waals surface area contributed by atoms with Crippen molar-refractivity contribution in [1.82, 2.24) is 0 Å². The van der Waals surface area contributed by atoms with E-state index in [-0.39, 0.29) is 12.1 Å². The van der Waals surface area contributed by atoms with Crippen molar-refractivity contribution in [2.45, 2.75) is 6.42 Å². The van der Waals surface area contributed by atoms with Crippen LogP contribution in [-0.4, -0.2) is 22.0 Å². The number of oxime groups is 1. The molecule has 0 spiro atoms. The summed E-state index contributed by atoms with van der Waals surface area (Å²) in [6.45, 7) is 0. The quantitative estimate of drug-likeness (QED) is 0.400. The van der Waals surface area contributed by atoms with Crippen LogP contribution in [0.25, 0.3) is 0 Å². The fourth-order valence-electron chi connectivity index (χ4n) is 0.767. The average Bonchev–Trinajstić information content (AvgIpc) is 2.51. The van der Waals surface area contributed by atoms with E-state index in [0.717, 1.165) is 0 Å². The van der Waals surface area contributed by atoms with E-state index in [1.807, 2.05) is 0 Å². The highest BCUT2D eigenvalue weighted by Crippen LogP contribution is 2.04. The molecule has 0 amide bonds. The van der Waals surface area contributed by atoms with Crippen molar-refractivity contribution >= 4 is 11.7 Å². The highest BCUT2D eigenvalue weighted by Gasteiger charge is 2.09. The number of hydrogen-bond donors (Lipinski definition) is 2. The van der Waals surface area contributed by atoms with Crippen LogP contribution in [0.3, 0.4) is 0 Å². The molecule has 0 aliphatic carbocycles. The average molecular weight is 169 g/mol. The zero-order valence-corrected chi connectivity index (χ0v) is 6.10. The number of furan rings is 1. The van der Waals surface area contributed by atoms with Crippen molar-refractivity contribution in [3.8, 4) is 0 Å². The number of carboxylic acid groups (broad SMARTS) is 1. The largest absolute Gasteiger partial charge is 0.481 e. The first-order chi connectivity index (χ1) is 5.74. The normalized spacial score (nSPS) is 11.5. The number of aliphatic carboxylic acids is 1. The van der Waals surface area contributed by atoms with Crippen LogP contribution in [-0.2, 0) is 4.79 Å². The summed E-state index contributed by atoms with van der Waals surface area (Å²) in [5, 5.41) is 19.7. The first kappa shape index (κ1) is 8.32. The maximum atomic E-state index is 10.2. The Kier molecular flexibility index (Phi) is 2.47. The third-order valence-electron chi connectivity index (χ3n) is 1.29. The van der Waals surface area contributed by atoms with Crippen LogP contribution in [0.15, 0.2) is 28.2 Å². The van der Waals surface area contributed by atoms with Crippen LogP contribution in [0.4, 0.5) is 0 Å². The third-order valence-corrected chi connectivity index (χ3v) is 1.29. The molecule has 1 heterocycles. The summed E-state index contributed by atoms with van der Waals surface area (Å²) in [5.41, 5.74) is 0.552. The predicted molar refractivity (Wildman–Crippen MR) is 39.3 cm³/mol. The van der Waals surface area contributed by atoms with Gasteiger partial charge in [0.05, 0.1) is 18.9 Å². The zero-order valence-electron chi connectivity index (χ0n) is 6.10. The highest BCUT2D eigenvalue weighted by molar-refractivity contribution is 6.08. The van der Waals surface area contributed by atoms with Crippen LogP contribution in [0.5, 0.6) is 0 Å². The van der Waals surface area contributed by atoms with E-state index >= 15 is 0 Å². The topological polar surface area (TPSA) is 83.0 Å². The number of rotatable bonds is 3. The Morgan fingerprint density at radius 1 is 1.67 bits per heavy atom. The summed E-state index contributed by atoms with van der Waals surface area (Å²) < 4.78 is 4.69. The lowest BCUT2D eigenvalue weighted by Gasteiger charge is -1.94. The molecule has 0 bridgehead atoms. The Morgan fingerprint density at radius 3 is 2.83 bits per heavy atom. The van der Waals surface area contributed by atoms with Gasteiger partial charge in [0.25, 0.3) is 0 Å². The maximum absolute atomic E-state index is 10.2. The molecule has 0 aliphatic rings. The van der Waals surface area contributed by atoms with Crippen molar-refractivity contribution in [3.63, 3.8) is 0 Å². The molecule has 2 N–H and O–H groups in total. The summed E-state index contributed by atoms with van der Waals surface area (Å²) in [6, 6.07) is 1.53. The number of carboxylic acids is 1. The van der Waals surface area contributed by atoms with Gasteiger partial charge in [0.15, 0.2) is 0 Å². The summed E-state index contributed by atoms with van der Waals surface area (Å²) in [7, 11) is 0. The van der Waals surface area contributed by atoms with E-state index in [4.69, 9.17) is 14.7 Å². The van der Waals surface area contributed by atoms with E-state index in [2.05, 4.69) is 5.16 Å². The Balaban J connectivity index is 2.78. The van der Waals surface area contributed by atoms with E-state index in [9.17, 15) is 4.79 Å². The molecule has 0 atom stereocenters. The molecule has 1 aromatic heterocycles. The second-order valence-corrected chi connectivity index (χ2v) is 2.13. The van der Waals surface area contributed by atoms with Crippen LogP contribution < -0.4 is 0 Å². The number of nitrogens with zero attached hydrogens (tertiary/aromatic N) is 1. The standard InChI is InChI=1S/C7H7NO4/c9-7(10)3-6(8-11)5-1-2-12-4-5/h1-2,4,11H,3H2,(H,9,10)/b8-6-. The highest BCUT2D eigenvalue weighted by atomic mass is 16.4. The Labute approximate surface area is 67.9 Å². The van der Waals surface area contributed by atoms with E-state index in [1.165, 1.54) is 18.6 Å². The fourth-order valence-corrected chi connectivity index (χ4v) is 0.767. The van der Waals surface area contributed by atoms with Gasteiger partial charge < -0.3 is 14.7 Å². The first-order valence-corrected chi connectivity index (χ1v) is 3.19. The zero-order chi connectivity index (χ0) is 8.97. The second-order valence-electron chi connectivity index (χ2n) is 2.13. The lowest BCUT2D eigenvalue weighted by molar-refractivity contribution is -0.135. The molecular weight excluding hydrogens is 162 g/mol. The lowest BCUT2D eigenvalue weighted by atomic mass is 10.1. The Hall–Kier alpha value is -1.78. The van der Waals surface area contributed by atoms with Gasteiger partial charge in [0, 0.05) is 5.56 Å². The minimum Gasteiger partial charge on any atom is -0.481 e. The van der Waals surface area contributed by atoms with Crippen molar-refractivity contribution in [2.75, 3.05) is 0 Å². The number of carbonyl (C=O) groups is 1. The minimum atomic E-state index is -1.05.